The Kier molecular flexibility index (Phi) is 11.6. The Morgan fingerprint density at radius 2 is 1.85 bits per heavy atom. The van der Waals surface area contributed by atoms with Gasteiger partial charge in [-0.25, -0.2) is 0 Å². The van der Waals surface area contributed by atoms with Gasteiger partial charge in [0.05, 0.1) is 5.75 Å². The first kappa shape index (κ1) is 19.3. The predicted molar refractivity (Wildman–Crippen MR) is 90.8 cm³/mol. The molecule has 114 valence electrons. The summed E-state index contributed by atoms with van der Waals surface area (Å²) in [5.74, 6) is 1.54. The number of carbonyl (C=O) groups is 1. The summed E-state index contributed by atoms with van der Waals surface area (Å²) in [6.45, 7) is 6.79. The summed E-state index contributed by atoms with van der Waals surface area (Å²) in [6.07, 6.45) is 1.13. The second-order valence-corrected chi connectivity index (χ2v) is 5.56. The number of nitrogens with one attached hydrogen (secondary N) is 2. The monoisotopic (exact) mass is 316 g/mol. The van der Waals surface area contributed by atoms with Gasteiger partial charge >= 0.3 is 0 Å². The van der Waals surface area contributed by atoms with E-state index in [1.807, 2.05) is 0 Å². The van der Waals surface area contributed by atoms with Crippen molar-refractivity contribution in [2.24, 2.45) is 0 Å². The molecule has 20 heavy (non-hydrogen) atoms. The van der Waals surface area contributed by atoms with E-state index in [1.165, 1.54) is 11.1 Å². The molecule has 1 rings (SSSR count). The molecule has 0 aliphatic heterocycles. The number of thioether (sulfide) groups is 1. The van der Waals surface area contributed by atoms with Crippen LogP contribution in [0.15, 0.2) is 24.3 Å². The Morgan fingerprint density at radius 3 is 2.50 bits per heavy atom. The highest BCUT2D eigenvalue weighted by Crippen LogP contribution is 2.12. The third kappa shape index (κ3) is 9.23. The molecule has 2 N–H and O–H groups in total. The minimum Gasteiger partial charge on any atom is -0.354 e. The molecular weight excluding hydrogens is 292 g/mol. The Morgan fingerprint density at radius 1 is 1.15 bits per heavy atom. The van der Waals surface area contributed by atoms with E-state index < -0.39 is 0 Å². The lowest BCUT2D eigenvalue weighted by Gasteiger charge is -2.06. The van der Waals surface area contributed by atoms with Gasteiger partial charge in [-0.05, 0) is 25.5 Å². The molecule has 0 aliphatic rings. The topological polar surface area (TPSA) is 41.1 Å². The average molecular weight is 317 g/mol. The number of amides is 1. The number of carbonyl (C=O) groups excluding carboxylic acids is 1. The van der Waals surface area contributed by atoms with E-state index in [0.717, 1.165) is 25.3 Å². The van der Waals surface area contributed by atoms with Crippen LogP contribution in [0, 0.1) is 6.92 Å². The molecule has 0 spiro atoms. The summed E-state index contributed by atoms with van der Waals surface area (Å²) in [4.78, 5) is 11.6. The van der Waals surface area contributed by atoms with Gasteiger partial charge in [-0.1, -0.05) is 36.8 Å². The third-order valence-electron chi connectivity index (χ3n) is 2.67. The predicted octanol–water partition coefficient (Wildman–Crippen LogP) is 2.77. The van der Waals surface area contributed by atoms with E-state index in [-0.39, 0.29) is 18.3 Å². The normalized spacial score (nSPS) is 9.90. The van der Waals surface area contributed by atoms with Crippen molar-refractivity contribution in [2.75, 3.05) is 25.4 Å². The standard InChI is InChI=1S/C15H24N2OS.ClH/c1-3-8-16-9-10-17-15(18)12-19-11-14-6-4-13(2)5-7-14;/h4-7,16H,3,8-12H2,1-2H3,(H,17,18);1H. The molecule has 1 aromatic rings. The van der Waals surface area contributed by atoms with E-state index in [0.29, 0.717) is 12.3 Å². The van der Waals surface area contributed by atoms with E-state index in [4.69, 9.17) is 0 Å². The van der Waals surface area contributed by atoms with Crippen molar-refractivity contribution in [1.29, 1.82) is 0 Å². The average Bonchev–Trinajstić information content (AvgIpc) is 2.41. The molecule has 0 bridgehead atoms. The Labute approximate surface area is 132 Å². The van der Waals surface area contributed by atoms with Gasteiger partial charge in [0.1, 0.15) is 0 Å². The molecule has 0 atom stereocenters. The lowest BCUT2D eigenvalue weighted by atomic mass is 10.2. The van der Waals surface area contributed by atoms with Crippen molar-refractivity contribution in [1.82, 2.24) is 10.6 Å². The van der Waals surface area contributed by atoms with Gasteiger partial charge in [-0.15, -0.1) is 24.2 Å². The summed E-state index contributed by atoms with van der Waals surface area (Å²) in [5.41, 5.74) is 2.54. The first-order valence-corrected chi connectivity index (χ1v) is 7.98. The molecule has 0 radical (unpaired) electrons. The van der Waals surface area contributed by atoms with Gasteiger partial charge in [-0.2, -0.15) is 0 Å². The number of halogens is 1. The number of hydrogen-bond donors (Lipinski definition) is 2. The van der Waals surface area contributed by atoms with Crippen LogP contribution in [0.5, 0.6) is 0 Å². The molecule has 3 nitrogen and oxygen atoms in total. The minimum atomic E-state index is 0. The molecule has 0 fully saturated rings. The maximum Gasteiger partial charge on any atom is 0.230 e. The molecular formula is C15H25ClN2OS. The summed E-state index contributed by atoms with van der Waals surface area (Å²) < 4.78 is 0. The van der Waals surface area contributed by atoms with Crippen LogP contribution in [0.4, 0.5) is 0 Å². The molecule has 0 saturated carbocycles. The van der Waals surface area contributed by atoms with Gasteiger partial charge in [0, 0.05) is 18.8 Å². The molecule has 5 heteroatoms. The fourth-order valence-corrected chi connectivity index (χ4v) is 2.41. The quantitative estimate of drug-likeness (QED) is 0.688. The Balaban J connectivity index is 0.00000361. The molecule has 1 amide bonds. The third-order valence-corrected chi connectivity index (χ3v) is 3.68. The van der Waals surface area contributed by atoms with Crippen LogP contribution in [0.1, 0.15) is 24.5 Å². The van der Waals surface area contributed by atoms with Gasteiger partial charge < -0.3 is 10.6 Å². The van der Waals surface area contributed by atoms with Crippen molar-refractivity contribution in [3.8, 4) is 0 Å². The van der Waals surface area contributed by atoms with Gasteiger partial charge in [0.25, 0.3) is 0 Å². The summed E-state index contributed by atoms with van der Waals surface area (Å²) in [7, 11) is 0. The molecule has 0 heterocycles. The van der Waals surface area contributed by atoms with Crippen LogP contribution in [0.2, 0.25) is 0 Å². The summed E-state index contributed by atoms with van der Waals surface area (Å²) in [5, 5.41) is 6.17. The Hall–Kier alpha value is -0.710. The highest BCUT2D eigenvalue weighted by molar-refractivity contribution is 7.99. The first-order chi connectivity index (χ1) is 9.22. The smallest absolute Gasteiger partial charge is 0.230 e. The lowest BCUT2D eigenvalue weighted by molar-refractivity contribution is -0.118. The van der Waals surface area contributed by atoms with Crippen molar-refractivity contribution in [3.05, 3.63) is 35.4 Å². The maximum atomic E-state index is 11.6. The number of aryl methyl sites for hydroxylation is 1. The molecule has 1 aromatic carbocycles. The fraction of sp³-hybridized carbons (Fsp3) is 0.533. The molecule has 0 saturated heterocycles. The van der Waals surface area contributed by atoms with Crippen LogP contribution in [-0.2, 0) is 10.5 Å². The van der Waals surface area contributed by atoms with E-state index in [1.54, 1.807) is 11.8 Å². The fourth-order valence-electron chi connectivity index (χ4n) is 1.59. The van der Waals surface area contributed by atoms with Crippen LogP contribution in [0.3, 0.4) is 0 Å². The van der Waals surface area contributed by atoms with E-state index in [2.05, 4.69) is 48.7 Å². The highest BCUT2D eigenvalue weighted by atomic mass is 35.5. The van der Waals surface area contributed by atoms with Crippen LogP contribution >= 0.6 is 24.2 Å². The molecule has 0 aromatic heterocycles. The second kappa shape index (κ2) is 12.1. The van der Waals surface area contributed by atoms with Crippen molar-refractivity contribution in [2.45, 2.75) is 26.0 Å². The van der Waals surface area contributed by atoms with Gasteiger partial charge in [-0.3, -0.25) is 4.79 Å². The zero-order chi connectivity index (χ0) is 13.9. The number of rotatable bonds is 9. The van der Waals surface area contributed by atoms with Crippen molar-refractivity contribution < 1.29 is 4.79 Å². The number of hydrogen-bond acceptors (Lipinski definition) is 3. The van der Waals surface area contributed by atoms with Crippen molar-refractivity contribution in [3.63, 3.8) is 0 Å². The summed E-state index contributed by atoms with van der Waals surface area (Å²) in [6, 6.07) is 8.45. The van der Waals surface area contributed by atoms with E-state index >= 15 is 0 Å². The highest BCUT2D eigenvalue weighted by Gasteiger charge is 2.01. The second-order valence-electron chi connectivity index (χ2n) is 4.58. The number of benzene rings is 1. The minimum absolute atomic E-state index is 0. The summed E-state index contributed by atoms with van der Waals surface area (Å²) >= 11 is 1.66. The lowest BCUT2D eigenvalue weighted by Crippen LogP contribution is -2.33. The zero-order valence-corrected chi connectivity index (χ0v) is 13.9. The first-order valence-electron chi connectivity index (χ1n) is 6.83. The van der Waals surface area contributed by atoms with E-state index in [9.17, 15) is 4.79 Å². The Bertz CT molecular complexity index is 371. The van der Waals surface area contributed by atoms with Crippen LogP contribution in [0.25, 0.3) is 0 Å². The molecule has 0 unspecified atom stereocenters. The van der Waals surface area contributed by atoms with Crippen molar-refractivity contribution >= 4 is 30.1 Å². The molecule has 0 aliphatic carbocycles. The maximum absolute atomic E-state index is 11.6. The zero-order valence-electron chi connectivity index (χ0n) is 12.3. The van der Waals surface area contributed by atoms with Crippen LogP contribution < -0.4 is 10.6 Å². The van der Waals surface area contributed by atoms with Gasteiger partial charge in [0.2, 0.25) is 5.91 Å². The largest absolute Gasteiger partial charge is 0.354 e. The van der Waals surface area contributed by atoms with Crippen LogP contribution in [-0.4, -0.2) is 31.3 Å². The SMILES string of the molecule is CCCNCCNC(=O)CSCc1ccc(C)cc1.Cl. The van der Waals surface area contributed by atoms with Gasteiger partial charge in [0.15, 0.2) is 0 Å².